The van der Waals surface area contributed by atoms with Gasteiger partial charge in [0.05, 0.1) is 18.5 Å². The van der Waals surface area contributed by atoms with E-state index in [-0.39, 0.29) is 11.9 Å². The van der Waals surface area contributed by atoms with Crippen molar-refractivity contribution in [1.29, 1.82) is 5.41 Å². The number of hydrogen-bond donors (Lipinski definition) is 2. The van der Waals surface area contributed by atoms with Crippen LogP contribution < -0.4 is 10.5 Å². The van der Waals surface area contributed by atoms with E-state index in [1.807, 2.05) is 0 Å². The molecule has 1 aromatic rings. The first-order valence-electron chi connectivity index (χ1n) is 5.16. The highest BCUT2D eigenvalue weighted by Crippen LogP contribution is 2.13. The molecule has 0 aliphatic carbocycles. The van der Waals surface area contributed by atoms with Crippen molar-refractivity contribution in [3.63, 3.8) is 0 Å². The standard InChI is InChI=1S/C10H14N4O2/c11-10(12)8-4-14-9(5-13-8)16-6-7-2-1-3-15-7/h4-5,7H,1-3,6H2,(H3,11,12). The zero-order valence-electron chi connectivity index (χ0n) is 8.85. The molecule has 1 fully saturated rings. The van der Waals surface area contributed by atoms with Crippen LogP contribution in [0.4, 0.5) is 0 Å². The minimum Gasteiger partial charge on any atom is -0.474 e. The molecule has 0 spiro atoms. The Morgan fingerprint density at radius 3 is 3.00 bits per heavy atom. The molecule has 86 valence electrons. The van der Waals surface area contributed by atoms with Crippen molar-refractivity contribution in [3.05, 3.63) is 18.1 Å². The third-order valence-corrected chi connectivity index (χ3v) is 2.35. The van der Waals surface area contributed by atoms with Crippen LogP contribution in [0.2, 0.25) is 0 Å². The molecule has 0 amide bonds. The second kappa shape index (κ2) is 4.89. The van der Waals surface area contributed by atoms with Crippen molar-refractivity contribution < 1.29 is 9.47 Å². The summed E-state index contributed by atoms with van der Waals surface area (Å²) in [6.07, 6.45) is 5.16. The number of nitrogens with two attached hydrogens (primary N) is 1. The van der Waals surface area contributed by atoms with Crippen LogP contribution in [0.3, 0.4) is 0 Å². The lowest BCUT2D eigenvalue weighted by Crippen LogP contribution is -2.17. The Kier molecular flexibility index (Phi) is 3.31. The van der Waals surface area contributed by atoms with Gasteiger partial charge in [-0.2, -0.15) is 0 Å². The maximum atomic E-state index is 7.16. The van der Waals surface area contributed by atoms with Crippen molar-refractivity contribution in [2.24, 2.45) is 5.73 Å². The van der Waals surface area contributed by atoms with Gasteiger partial charge in [0.1, 0.15) is 18.1 Å². The quantitative estimate of drug-likeness (QED) is 0.565. The number of nitrogens with zero attached hydrogens (tertiary/aromatic N) is 2. The number of ether oxygens (including phenoxy) is 2. The van der Waals surface area contributed by atoms with Gasteiger partial charge in [0.2, 0.25) is 5.88 Å². The van der Waals surface area contributed by atoms with E-state index in [9.17, 15) is 0 Å². The van der Waals surface area contributed by atoms with E-state index in [2.05, 4.69) is 9.97 Å². The van der Waals surface area contributed by atoms with Gasteiger partial charge in [-0.15, -0.1) is 0 Å². The number of nitrogens with one attached hydrogen (secondary N) is 1. The SMILES string of the molecule is N=C(N)c1cnc(OCC2CCCO2)cn1. The lowest BCUT2D eigenvalue weighted by Gasteiger charge is -2.10. The summed E-state index contributed by atoms with van der Waals surface area (Å²) in [6.45, 7) is 1.30. The molecule has 1 saturated heterocycles. The van der Waals surface area contributed by atoms with Gasteiger partial charge in [-0.3, -0.25) is 5.41 Å². The predicted molar refractivity (Wildman–Crippen MR) is 57.5 cm³/mol. The molecule has 1 atom stereocenters. The highest BCUT2D eigenvalue weighted by molar-refractivity contribution is 5.92. The summed E-state index contributed by atoms with van der Waals surface area (Å²) in [5.41, 5.74) is 5.61. The lowest BCUT2D eigenvalue weighted by atomic mass is 10.2. The fourth-order valence-corrected chi connectivity index (χ4v) is 1.48. The lowest BCUT2D eigenvalue weighted by molar-refractivity contribution is 0.0662. The van der Waals surface area contributed by atoms with Crippen molar-refractivity contribution in [2.45, 2.75) is 18.9 Å². The molecule has 3 N–H and O–H groups in total. The fraction of sp³-hybridized carbons (Fsp3) is 0.500. The topological polar surface area (TPSA) is 94.1 Å². The Labute approximate surface area is 93.3 Å². The highest BCUT2D eigenvalue weighted by atomic mass is 16.5. The van der Waals surface area contributed by atoms with E-state index >= 15 is 0 Å². The summed E-state index contributed by atoms with van der Waals surface area (Å²) in [5.74, 6) is 0.332. The van der Waals surface area contributed by atoms with Gasteiger partial charge in [-0.05, 0) is 12.8 Å². The van der Waals surface area contributed by atoms with Crippen LogP contribution in [0.5, 0.6) is 5.88 Å². The second-order valence-electron chi connectivity index (χ2n) is 3.60. The molecular formula is C10H14N4O2. The van der Waals surface area contributed by atoms with Gasteiger partial charge in [-0.1, -0.05) is 0 Å². The van der Waals surface area contributed by atoms with E-state index < -0.39 is 0 Å². The predicted octanol–water partition coefficient (Wildman–Crippen LogP) is 0.318. The normalized spacial score (nSPS) is 19.6. The van der Waals surface area contributed by atoms with E-state index in [1.165, 1.54) is 12.4 Å². The first kappa shape index (κ1) is 10.8. The summed E-state index contributed by atoms with van der Waals surface area (Å²) in [4.78, 5) is 7.95. The summed E-state index contributed by atoms with van der Waals surface area (Å²) in [6, 6.07) is 0. The van der Waals surface area contributed by atoms with E-state index in [0.717, 1.165) is 19.4 Å². The monoisotopic (exact) mass is 222 g/mol. The third-order valence-electron chi connectivity index (χ3n) is 2.35. The summed E-state index contributed by atoms with van der Waals surface area (Å²) >= 11 is 0. The average molecular weight is 222 g/mol. The van der Waals surface area contributed by atoms with E-state index in [0.29, 0.717) is 18.2 Å². The number of rotatable bonds is 4. The Bertz CT molecular complexity index is 360. The molecule has 1 aliphatic rings. The highest BCUT2D eigenvalue weighted by Gasteiger charge is 2.16. The summed E-state index contributed by atoms with van der Waals surface area (Å²) in [7, 11) is 0. The average Bonchev–Trinajstić information content (AvgIpc) is 2.80. The third kappa shape index (κ3) is 2.66. The minimum atomic E-state index is -0.0989. The second-order valence-corrected chi connectivity index (χ2v) is 3.60. The van der Waals surface area contributed by atoms with E-state index in [4.69, 9.17) is 20.6 Å². The number of aromatic nitrogens is 2. The first-order valence-corrected chi connectivity index (χ1v) is 5.16. The smallest absolute Gasteiger partial charge is 0.232 e. The van der Waals surface area contributed by atoms with Gasteiger partial charge >= 0.3 is 0 Å². The van der Waals surface area contributed by atoms with Crippen LogP contribution in [0.1, 0.15) is 18.5 Å². The summed E-state index contributed by atoms with van der Waals surface area (Å²) in [5, 5.41) is 7.16. The molecule has 6 heteroatoms. The first-order chi connectivity index (χ1) is 7.75. The van der Waals surface area contributed by atoms with Crippen LogP contribution >= 0.6 is 0 Å². The molecule has 0 radical (unpaired) electrons. The Morgan fingerprint density at radius 1 is 1.56 bits per heavy atom. The maximum absolute atomic E-state index is 7.16. The largest absolute Gasteiger partial charge is 0.474 e. The van der Waals surface area contributed by atoms with Crippen molar-refractivity contribution in [3.8, 4) is 5.88 Å². The molecule has 1 aromatic heterocycles. The molecule has 0 aromatic carbocycles. The van der Waals surface area contributed by atoms with Crippen molar-refractivity contribution >= 4 is 5.84 Å². The molecule has 16 heavy (non-hydrogen) atoms. The number of hydrogen-bond acceptors (Lipinski definition) is 5. The van der Waals surface area contributed by atoms with Gasteiger partial charge < -0.3 is 15.2 Å². The molecule has 2 rings (SSSR count). The molecule has 2 heterocycles. The molecule has 6 nitrogen and oxygen atoms in total. The van der Waals surface area contributed by atoms with Crippen molar-refractivity contribution in [2.75, 3.05) is 13.2 Å². The molecule has 1 aliphatic heterocycles. The van der Waals surface area contributed by atoms with Gasteiger partial charge in [0, 0.05) is 6.61 Å². The Morgan fingerprint density at radius 2 is 2.44 bits per heavy atom. The molecule has 1 unspecified atom stereocenters. The van der Waals surface area contributed by atoms with Crippen LogP contribution in [-0.2, 0) is 4.74 Å². The zero-order valence-corrected chi connectivity index (χ0v) is 8.85. The van der Waals surface area contributed by atoms with Crippen LogP contribution in [0, 0.1) is 5.41 Å². The Hall–Kier alpha value is -1.69. The minimum absolute atomic E-state index is 0.0989. The van der Waals surface area contributed by atoms with Gasteiger partial charge in [0.15, 0.2) is 0 Å². The fourth-order valence-electron chi connectivity index (χ4n) is 1.48. The van der Waals surface area contributed by atoms with Crippen molar-refractivity contribution in [1.82, 2.24) is 9.97 Å². The number of nitrogen functional groups attached to an aromatic ring is 1. The Balaban J connectivity index is 1.87. The van der Waals surface area contributed by atoms with Crippen LogP contribution in [0.15, 0.2) is 12.4 Å². The van der Waals surface area contributed by atoms with E-state index in [1.54, 1.807) is 0 Å². The van der Waals surface area contributed by atoms with Crippen LogP contribution in [-0.4, -0.2) is 35.1 Å². The molecule has 0 bridgehead atoms. The van der Waals surface area contributed by atoms with Gasteiger partial charge in [-0.25, -0.2) is 9.97 Å². The zero-order chi connectivity index (χ0) is 11.4. The molecular weight excluding hydrogens is 208 g/mol. The van der Waals surface area contributed by atoms with Crippen LogP contribution in [0.25, 0.3) is 0 Å². The number of amidine groups is 1. The van der Waals surface area contributed by atoms with Gasteiger partial charge in [0.25, 0.3) is 0 Å². The summed E-state index contributed by atoms with van der Waals surface area (Å²) < 4.78 is 10.8. The maximum Gasteiger partial charge on any atom is 0.232 e. The molecule has 0 saturated carbocycles.